The number of rotatable bonds is 0. The van der Waals surface area contributed by atoms with Crippen LogP contribution in [0.25, 0.3) is 0 Å². The molecule has 0 aliphatic rings. The molecule has 0 aliphatic heterocycles. The van der Waals surface area contributed by atoms with Crippen molar-refractivity contribution < 1.29 is 0 Å². The van der Waals surface area contributed by atoms with Gasteiger partial charge in [-0.3, -0.25) is 0 Å². The Balaban J connectivity index is 3.12. The van der Waals surface area contributed by atoms with Crippen molar-refractivity contribution in [1.82, 2.24) is 14.9 Å². The molecule has 1 heterocycles. The van der Waals surface area contributed by atoms with E-state index in [-0.39, 0.29) is 0 Å². The van der Waals surface area contributed by atoms with Gasteiger partial charge in [0, 0.05) is 0 Å². The lowest BCUT2D eigenvalue weighted by Crippen LogP contribution is -1.84. The molecule has 4 nitrogen and oxygen atoms in total. The summed E-state index contributed by atoms with van der Waals surface area (Å²) in [5.41, 5.74) is 0. The maximum Gasteiger partial charge on any atom is 0.124 e. The highest BCUT2D eigenvalue weighted by Gasteiger charge is 1.81. The topological polar surface area (TPSA) is 53.8 Å². The van der Waals surface area contributed by atoms with Gasteiger partial charge in [-0.2, -0.15) is 0 Å². The molecule has 0 spiro atoms. The van der Waals surface area contributed by atoms with Gasteiger partial charge in [0.25, 0.3) is 0 Å². The standard InChI is InChI=1S/C3H4N3O/c1-3-5-4-2-6(3)7/h2H,1H3/q-1. The summed E-state index contributed by atoms with van der Waals surface area (Å²) in [5, 5.41) is 16.9. The van der Waals surface area contributed by atoms with E-state index in [1.165, 1.54) is 0 Å². The van der Waals surface area contributed by atoms with E-state index in [2.05, 4.69) is 10.2 Å². The van der Waals surface area contributed by atoms with Crippen molar-refractivity contribution in [3.05, 3.63) is 17.4 Å². The van der Waals surface area contributed by atoms with Crippen LogP contribution in [0.5, 0.6) is 0 Å². The first-order valence-corrected chi connectivity index (χ1v) is 1.85. The molecule has 0 amide bonds. The summed E-state index contributed by atoms with van der Waals surface area (Å²) < 4.78 is 0.611. The number of aryl methyl sites for hydroxylation is 1. The quantitative estimate of drug-likeness (QED) is 0.456. The second-order valence-electron chi connectivity index (χ2n) is 1.20. The predicted octanol–water partition coefficient (Wildman–Crippen LogP) is -0.0676. The summed E-state index contributed by atoms with van der Waals surface area (Å²) in [4.78, 5) is 0. The van der Waals surface area contributed by atoms with Gasteiger partial charge in [0.05, 0.1) is 0 Å². The molecule has 38 valence electrons. The van der Waals surface area contributed by atoms with Gasteiger partial charge >= 0.3 is 0 Å². The first kappa shape index (κ1) is 4.11. The highest BCUT2D eigenvalue weighted by molar-refractivity contribution is 4.81. The lowest BCUT2D eigenvalue weighted by Gasteiger charge is -2.02. The molecule has 0 aromatic carbocycles. The van der Waals surface area contributed by atoms with Crippen molar-refractivity contribution >= 4 is 0 Å². The molecule has 0 bridgehead atoms. The minimum Gasteiger partial charge on any atom is -0.804 e. The van der Waals surface area contributed by atoms with Gasteiger partial charge in [-0.1, -0.05) is 0 Å². The smallest absolute Gasteiger partial charge is 0.124 e. The first-order valence-electron chi connectivity index (χ1n) is 1.85. The van der Waals surface area contributed by atoms with Crippen LogP contribution in [0.2, 0.25) is 0 Å². The van der Waals surface area contributed by atoms with Crippen LogP contribution >= 0.6 is 0 Å². The van der Waals surface area contributed by atoms with Crippen molar-refractivity contribution in [3.8, 4) is 0 Å². The Bertz CT molecular complexity index is 142. The van der Waals surface area contributed by atoms with Crippen molar-refractivity contribution in [2.75, 3.05) is 0 Å². The maximum atomic E-state index is 10.2. The lowest BCUT2D eigenvalue weighted by atomic mass is 10.8. The third-order valence-corrected chi connectivity index (χ3v) is 0.678. The minimum absolute atomic E-state index is 0.389. The van der Waals surface area contributed by atoms with Gasteiger partial charge in [-0.15, -0.1) is 10.2 Å². The zero-order valence-corrected chi connectivity index (χ0v) is 3.83. The van der Waals surface area contributed by atoms with E-state index < -0.39 is 0 Å². The Morgan fingerprint density at radius 1 is 1.86 bits per heavy atom. The van der Waals surface area contributed by atoms with Crippen LogP contribution in [-0.4, -0.2) is 14.9 Å². The largest absolute Gasteiger partial charge is 0.804 e. The fourth-order valence-corrected chi connectivity index (χ4v) is 0.284. The van der Waals surface area contributed by atoms with E-state index >= 15 is 0 Å². The van der Waals surface area contributed by atoms with Crippen LogP contribution in [0, 0.1) is 12.1 Å². The summed E-state index contributed by atoms with van der Waals surface area (Å²) in [6, 6.07) is 0. The molecule has 0 atom stereocenters. The monoisotopic (exact) mass is 98.0 g/mol. The normalized spacial score (nSPS) is 9.29. The van der Waals surface area contributed by atoms with E-state index in [0.29, 0.717) is 10.6 Å². The third kappa shape index (κ3) is 0.534. The molecule has 1 aromatic rings. The second-order valence-corrected chi connectivity index (χ2v) is 1.20. The van der Waals surface area contributed by atoms with Gasteiger partial charge in [0.1, 0.15) is 12.2 Å². The van der Waals surface area contributed by atoms with Crippen LogP contribution in [0.15, 0.2) is 6.33 Å². The lowest BCUT2D eigenvalue weighted by molar-refractivity contribution is 0.978. The van der Waals surface area contributed by atoms with Crippen LogP contribution in [0.3, 0.4) is 0 Å². The molecule has 4 heteroatoms. The van der Waals surface area contributed by atoms with Gasteiger partial charge in [-0.05, 0) is 6.92 Å². The Hall–Kier alpha value is -1.06. The zero-order valence-electron chi connectivity index (χ0n) is 3.83. The Labute approximate surface area is 40.4 Å². The van der Waals surface area contributed by atoms with Gasteiger partial charge in [-0.25, -0.2) is 0 Å². The number of nitrogens with zero attached hydrogens (tertiary/aromatic N) is 3. The predicted molar refractivity (Wildman–Crippen MR) is 23.5 cm³/mol. The average molecular weight is 98.1 g/mol. The van der Waals surface area contributed by atoms with Crippen LogP contribution in [0.4, 0.5) is 0 Å². The van der Waals surface area contributed by atoms with Crippen LogP contribution < -0.4 is 0 Å². The molecule has 1 aromatic heterocycles. The maximum absolute atomic E-state index is 10.2. The molecule has 0 saturated carbocycles. The summed E-state index contributed by atoms with van der Waals surface area (Å²) in [7, 11) is 0. The summed E-state index contributed by atoms with van der Waals surface area (Å²) >= 11 is 0. The Kier molecular flexibility index (Phi) is 0.714. The van der Waals surface area contributed by atoms with Gasteiger partial charge < -0.3 is 9.94 Å². The summed E-state index contributed by atoms with van der Waals surface area (Å²) in [6.07, 6.45) is 1.12. The molecular weight excluding hydrogens is 94.1 g/mol. The highest BCUT2D eigenvalue weighted by Crippen LogP contribution is 1.83. The molecule has 0 saturated heterocycles. The number of hydrogen-bond donors (Lipinski definition) is 0. The van der Waals surface area contributed by atoms with Crippen molar-refractivity contribution in [2.45, 2.75) is 6.92 Å². The van der Waals surface area contributed by atoms with Crippen LogP contribution in [0.1, 0.15) is 5.82 Å². The van der Waals surface area contributed by atoms with E-state index in [4.69, 9.17) is 0 Å². The summed E-state index contributed by atoms with van der Waals surface area (Å²) in [6.45, 7) is 1.60. The highest BCUT2D eigenvalue weighted by atomic mass is 16.5. The fourth-order valence-electron chi connectivity index (χ4n) is 0.284. The zero-order chi connectivity index (χ0) is 5.28. The Morgan fingerprint density at radius 3 is 2.71 bits per heavy atom. The molecule has 7 heavy (non-hydrogen) atoms. The van der Waals surface area contributed by atoms with E-state index in [9.17, 15) is 5.21 Å². The summed E-state index contributed by atoms with van der Waals surface area (Å²) in [5.74, 6) is 0.389. The van der Waals surface area contributed by atoms with E-state index in [1.54, 1.807) is 6.92 Å². The molecule has 0 fully saturated rings. The minimum atomic E-state index is 0.389. The van der Waals surface area contributed by atoms with E-state index in [0.717, 1.165) is 6.33 Å². The number of hydrogen-bond acceptors (Lipinski definition) is 3. The van der Waals surface area contributed by atoms with E-state index in [1.807, 2.05) is 0 Å². The van der Waals surface area contributed by atoms with Crippen LogP contribution in [-0.2, 0) is 0 Å². The molecular formula is C3H4N3O-. The van der Waals surface area contributed by atoms with Gasteiger partial charge in [0.15, 0.2) is 0 Å². The van der Waals surface area contributed by atoms with Crippen molar-refractivity contribution in [3.63, 3.8) is 0 Å². The third-order valence-electron chi connectivity index (χ3n) is 0.678. The van der Waals surface area contributed by atoms with Crippen molar-refractivity contribution in [1.29, 1.82) is 0 Å². The molecule has 0 N–H and O–H groups in total. The molecule has 0 radical (unpaired) electrons. The fraction of sp³-hybridized carbons (Fsp3) is 0.333. The second kappa shape index (κ2) is 1.22. The molecule has 0 unspecified atom stereocenters. The molecule has 1 rings (SSSR count). The number of aromatic nitrogens is 3. The average Bonchev–Trinajstić information content (AvgIpc) is 1.91. The van der Waals surface area contributed by atoms with Gasteiger partial charge in [0.2, 0.25) is 0 Å². The van der Waals surface area contributed by atoms with Crippen molar-refractivity contribution in [2.24, 2.45) is 0 Å². The molecule has 0 aliphatic carbocycles. The Morgan fingerprint density at radius 2 is 2.57 bits per heavy atom. The first-order chi connectivity index (χ1) is 3.30. The SMILES string of the molecule is Cc1nncn1[O-].